The molecule has 1 aromatic carbocycles. The van der Waals surface area contributed by atoms with Crippen molar-refractivity contribution in [3.05, 3.63) is 29.8 Å². The van der Waals surface area contributed by atoms with Gasteiger partial charge in [0.05, 0.1) is 6.10 Å². The van der Waals surface area contributed by atoms with Gasteiger partial charge in [-0.3, -0.25) is 0 Å². The molecule has 0 fully saturated rings. The molecule has 1 aromatic rings. The molecule has 0 amide bonds. The summed E-state index contributed by atoms with van der Waals surface area (Å²) >= 11 is 1.86. The van der Waals surface area contributed by atoms with Gasteiger partial charge in [0.2, 0.25) is 0 Å². The second kappa shape index (κ2) is 8.44. The number of benzene rings is 1. The summed E-state index contributed by atoms with van der Waals surface area (Å²) in [5, 5.41) is 3.60. The first kappa shape index (κ1) is 15.4. The maximum atomic E-state index is 5.90. The number of rotatable bonds is 8. The SMILES string of the molecule is CCCNC(CSC)c1ccccc1OC(C)C. The molecule has 0 radical (unpaired) electrons. The van der Waals surface area contributed by atoms with Crippen molar-refractivity contribution in [2.75, 3.05) is 18.6 Å². The van der Waals surface area contributed by atoms with E-state index >= 15 is 0 Å². The summed E-state index contributed by atoms with van der Waals surface area (Å²) in [6.07, 6.45) is 3.51. The van der Waals surface area contributed by atoms with E-state index in [0.29, 0.717) is 6.04 Å². The molecule has 0 bridgehead atoms. The Morgan fingerprint density at radius 2 is 2.00 bits per heavy atom. The van der Waals surface area contributed by atoms with E-state index in [2.05, 4.69) is 50.5 Å². The molecule has 1 unspecified atom stereocenters. The van der Waals surface area contributed by atoms with Crippen LogP contribution in [0.5, 0.6) is 5.75 Å². The van der Waals surface area contributed by atoms with Gasteiger partial charge in [0.1, 0.15) is 5.75 Å². The summed E-state index contributed by atoms with van der Waals surface area (Å²) in [5.41, 5.74) is 1.27. The van der Waals surface area contributed by atoms with Gasteiger partial charge < -0.3 is 10.1 Å². The number of hydrogen-bond acceptors (Lipinski definition) is 3. The van der Waals surface area contributed by atoms with Crippen molar-refractivity contribution < 1.29 is 4.74 Å². The molecular formula is C15H25NOS. The van der Waals surface area contributed by atoms with E-state index in [1.54, 1.807) is 0 Å². The van der Waals surface area contributed by atoms with Crippen LogP contribution in [0, 0.1) is 0 Å². The first-order valence-corrected chi connectivity index (χ1v) is 8.06. The zero-order chi connectivity index (χ0) is 13.4. The zero-order valence-corrected chi connectivity index (χ0v) is 12.7. The Hall–Kier alpha value is -0.670. The van der Waals surface area contributed by atoms with Crippen LogP contribution in [0.15, 0.2) is 24.3 Å². The first-order valence-electron chi connectivity index (χ1n) is 6.67. The Morgan fingerprint density at radius 3 is 2.61 bits per heavy atom. The predicted molar refractivity (Wildman–Crippen MR) is 81.6 cm³/mol. The Kier molecular flexibility index (Phi) is 7.21. The van der Waals surface area contributed by atoms with E-state index in [0.717, 1.165) is 24.5 Å². The third-order valence-corrected chi connectivity index (χ3v) is 3.30. The second-order valence-corrected chi connectivity index (χ2v) is 5.58. The lowest BCUT2D eigenvalue weighted by atomic mass is 10.1. The van der Waals surface area contributed by atoms with Crippen molar-refractivity contribution in [2.24, 2.45) is 0 Å². The Balaban J connectivity index is 2.87. The van der Waals surface area contributed by atoms with Crippen LogP contribution in [0.2, 0.25) is 0 Å². The molecule has 3 heteroatoms. The molecule has 0 saturated heterocycles. The maximum absolute atomic E-state index is 5.90. The highest BCUT2D eigenvalue weighted by Gasteiger charge is 2.15. The zero-order valence-electron chi connectivity index (χ0n) is 11.9. The summed E-state index contributed by atoms with van der Waals surface area (Å²) in [6.45, 7) is 7.38. The smallest absolute Gasteiger partial charge is 0.124 e. The van der Waals surface area contributed by atoms with Gasteiger partial charge in [0, 0.05) is 17.4 Å². The minimum atomic E-state index is 0.215. The van der Waals surface area contributed by atoms with Crippen molar-refractivity contribution in [1.29, 1.82) is 0 Å². The van der Waals surface area contributed by atoms with Gasteiger partial charge in [-0.25, -0.2) is 0 Å². The topological polar surface area (TPSA) is 21.3 Å². The van der Waals surface area contributed by atoms with Crippen LogP contribution in [-0.2, 0) is 0 Å². The quantitative estimate of drug-likeness (QED) is 0.772. The molecule has 0 aliphatic carbocycles. The van der Waals surface area contributed by atoms with Gasteiger partial charge in [0.25, 0.3) is 0 Å². The van der Waals surface area contributed by atoms with Crippen LogP contribution in [0.25, 0.3) is 0 Å². The van der Waals surface area contributed by atoms with Crippen LogP contribution in [0.3, 0.4) is 0 Å². The van der Waals surface area contributed by atoms with Crippen LogP contribution < -0.4 is 10.1 Å². The molecule has 2 nitrogen and oxygen atoms in total. The molecule has 1 N–H and O–H groups in total. The minimum Gasteiger partial charge on any atom is -0.491 e. The van der Waals surface area contributed by atoms with Crippen molar-refractivity contribution in [3.63, 3.8) is 0 Å². The van der Waals surface area contributed by atoms with Crippen LogP contribution in [-0.4, -0.2) is 24.7 Å². The van der Waals surface area contributed by atoms with Gasteiger partial charge in [0.15, 0.2) is 0 Å². The van der Waals surface area contributed by atoms with Crippen molar-refractivity contribution in [1.82, 2.24) is 5.32 Å². The molecule has 1 rings (SSSR count). The van der Waals surface area contributed by atoms with E-state index in [-0.39, 0.29) is 6.10 Å². The largest absolute Gasteiger partial charge is 0.491 e. The lowest BCUT2D eigenvalue weighted by molar-refractivity contribution is 0.238. The normalized spacial score (nSPS) is 12.7. The molecular weight excluding hydrogens is 242 g/mol. The van der Waals surface area contributed by atoms with Crippen molar-refractivity contribution >= 4 is 11.8 Å². The average Bonchev–Trinajstić information content (AvgIpc) is 2.35. The molecule has 0 spiro atoms. The summed E-state index contributed by atoms with van der Waals surface area (Å²) in [4.78, 5) is 0. The highest BCUT2D eigenvalue weighted by Crippen LogP contribution is 2.27. The van der Waals surface area contributed by atoms with Gasteiger partial charge in [-0.2, -0.15) is 11.8 Å². The van der Waals surface area contributed by atoms with Gasteiger partial charge >= 0.3 is 0 Å². The average molecular weight is 267 g/mol. The fraction of sp³-hybridized carbons (Fsp3) is 0.600. The number of ether oxygens (including phenoxy) is 1. The van der Waals surface area contributed by atoms with Crippen molar-refractivity contribution in [3.8, 4) is 5.75 Å². The summed E-state index contributed by atoms with van der Waals surface area (Å²) < 4.78 is 5.90. The summed E-state index contributed by atoms with van der Waals surface area (Å²) in [5.74, 6) is 2.08. The van der Waals surface area contributed by atoms with Crippen molar-refractivity contribution in [2.45, 2.75) is 39.3 Å². The third-order valence-electron chi connectivity index (χ3n) is 2.63. The highest BCUT2D eigenvalue weighted by molar-refractivity contribution is 7.98. The minimum absolute atomic E-state index is 0.215. The molecule has 1 atom stereocenters. The van der Waals surface area contributed by atoms with E-state index in [1.165, 1.54) is 5.56 Å². The summed E-state index contributed by atoms with van der Waals surface area (Å²) in [7, 11) is 0. The molecule has 102 valence electrons. The van der Waals surface area contributed by atoms with E-state index in [4.69, 9.17) is 4.74 Å². The Bertz CT molecular complexity index is 341. The van der Waals surface area contributed by atoms with E-state index in [9.17, 15) is 0 Å². The van der Waals surface area contributed by atoms with E-state index < -0.39 is 0 Å². The Morgan fingerprint density at radius 1 is 1.28 bits per heavy atom. The fourth-order valence-corrected chi connectivity index (χ4v) is 2.50. The highest BCUT2D eigenvalue weighted by atomic mass is 32.2. The molecule has 0 aliphatic rings. The summed E-state index contributed by atoms with van der Waals surface area (Å²) in [6, 6.07) is 8.73. The van der Waals surface area contributed by atoms with Crippen LogP contribution in [0.4, 0.5) is 0 Å². The van der Waals surface area contributed by atoms with Gasteiger partial charge in [-0.15, -0.1) is 0 Å². The number of thioether (sulfide) groups is 1. The van der Waals surface area contributed by atoms with Crippen LogP contribution >= 0.6 is 11.8 Å². The van der Waals surface area contributed by atoms with E-state index in [1.807, 2.05) is 17.8 Å². The Labute approximate surface area is 116 Å². The predicted octanol–water partition coefficient (Wildman–Crippen LogP) is 3.88. The number of para-hydroxylation sites is 1. The van der Waals surface area contributed by atoms with Gasteiger partial charge in [-0.05, 0) is 39.1 Å². The number of nitrogens with one attached hydrogen (secondary N) is 1. The molecule has 0 heterocycles. The third kappa shape index (κ3) is 4.91. The number of hydrogen-bond donors (Lipinski definition) is 1. The van der Waals surface area contributed by atoms with Gasteiger partial charge in [-0.1, -0.05) is 25.1 Å². The first-order chi connectivity index (χ1) is 8.69. The van der Waals surface area contributed by atoms with Crippen LogP contribution in [0.1, 0.15) is 38.8 Å². The lowest BCUT2D eigenvalue weighted by Crippen LogP contribution is -2.25. The molecule has 0 aliphatic heterocycles. The molecule has 0 aromatic heterocycles. The standard InChI is InChI=1S/C15H25NOS/c1-5-10-16-14(11-18-4)13-8-6-7-9-15(13)17-12(2)3/h6-9,12,14,16H,5,10-11H2,1-4H3. The molecule has 18 heavy (non-hydrogen) atoms. The maximum Gasteiger partial charge on any atom is 0.124 e. The molecule has 0 saturated carbocycles. The monoisotopic (exact) mass is 267 g/mol. The fourth-order valence-electron chi connectivity index (χ4n) is 1.87. The second-order valence-electron chi connectivity index (χ2n) is 4.67. The lowest BCUT2D eigenvalue weighted by Gasteiger charge is -2.22.